The second-order valence-electron chi connectivity index (χ2n) is 11.2. The number of rotatable bonds is 5. The molecule has 4 heterocycles. The van der Waals surface area contributed by atoms with Gasteiger partial charge in [0.2, 0.25) is 5.95 Å². The van der Waals surface area contributed by atoms with Crippen LogP contribution in [-0.2, 0) is 0 Å². The van der Waals surface area contributed by atoms with E-state index in [0.29, 0.717) is 17.3 Å². The van der Waals surface area contributed by atoms with E-state index in [1.807, 2.05) is 49.3 Å². The van der Waals surface area contributed by atoms with E-state index in [-0.39, 0.29) is 16.6 Å². The van der Waals surface area contributed by atoms with Gasteiger partial charge in [0, 0.05) is 63.9 Å². The van der Waals surface area contributed by atoms with Crippen molar-refractivity contribution in [1.82, 2.24) is 19.9 Å². The molecule has 0 aliphatic carbocycles. The van der Waals surface area contributed by atoms with Crippen LogP contribution in [0.15, 0.2) is 48.8 Å². The highest BCUT2D eigenvalue weighted by molar-refractivity contribution is 5.64. The highest BCUT2D eigenvalue weighted by Crippen LogP contribution is 2.46. The van der Waals surface area contributed by atoms with Crippen LogP contribution in [0.25, 0.3) is 11.3 Å². The molecule has 35 heavy (non-hydrogen) atoms. The van der Waals surface area contributed by atoms with Crippen LogP contribution < -0.4 is 15.1 Å². The molecule has 7 nitrogen and oxygen atoms in total. The summed E-state index contributed by atoms with van der Waals surface area (Å²) in [5.41, 5.74) is 3.27. The lowest BCUT2D eigenvalue weighted by atomic mass is 9.65. The average Bonchev–Trinajstić information content (AvgIpc) is 2.77. The number of halogens is 1. The summed E-state index contributed by atoms with van der Waals surface area (Å²) < 4.78 is 15.3. The van der Waals surface area contributed by atoms with Crippen molar-refractivity contribution in [2.75, 3.05) is 62.4 Å². The fourth-order valence-electron chi connectivity index (χ4n) is 6.21. The van der Waals surface area contributed by atoms with Gasteiger partial charge in [-0.3, -0.25) is 0 Å². The van der Waals surface area contributed by atoms with E-state index in [1.54, 1.807) is 18.5 Å². The second-order valence-corrected chi connectivity index (χ2v) is 11.2. The summed E-state index contributed by atoms with van der Waals surface area (Å²) in [6, 6.07) is 11.1. The lowest BCUT2D eigenvalue weighted by molar-refractivity contribution is 0.00514. The maximum absolute atomic E-state index is 15.3. The molecule has 1 aromatic carbocycles. The fraction of sp³-hybridized carbons (Fsp3) is 0.444. The number of nitrogens with zero attached hydrogens (tertiary/aromatic N) is 6. The van der Waals surface area contributed by atoms with Gasteiger partial charge in [-0.15, -0.1) is 0 Å². The van der Waals surface area contributed by atoms with Crippen molar-refractivity contribution < 1.29 is 4.39 Å². The van der Waals surface area contributed by atoms with Crippen molar-refractivity contribution in [3.63, 3.8) is 0 Å². The van der Waals surface area contributed by atoms with Crippen molar-refractivity contribution in [3.05, 3.63) is 54.6 Å². The molecule has 3 aromatic rings. The summed E-state index contributed by atoms with van der Waals surface area (Å²) in [6.45, 7) is 8.47. The Morgan fingerprint density at radius 2 is 1.71 bits per heavy atom. The number of aromatic nitrogens is 3. The highest BCUT2D eigenvalue weighted by Gasteiger charge is 2.47. The maximum Gasteiger partial charge on any atom is 0.227 e. The maximum atomic E-state index is 15.3. The molecule has 8 heteroatoms. The molecule has 0 spiro atoms. The molecule has 0 radical (unpaired) electrons. The lowest BCUT2D eigenvalue weighted by Gasteiger charge is -2.56. The van der Waals surface area contributed by atoms with Gasteiger partial charge in [-0.2, -0.15) is 0 Å². The normalized spacial score (nSPS) is 24.3. The molecule has 2 bridgehead atoms. The number of hydrogen-bond acceptors (Lipinski definition) is 7. The third-order valence-electron chi connectivity index (χ3n) is 7.00. The number of pyridine rings is 1. The summed E-state index contributed by atoms with van der Waals surface area (Å²) >= 11 is 0. The summed E-state index contributed by atoms with van der Waals surface area (Å²) in [6.07, 6.45) is 4.67. The van der Waals surface area contributed by atoms with Crippen molar-refractivity contribution in [1.29, 1.82) is 0 Å². The van der Waals surface area contributed by atoms with Crippen LogP contribution in [0.4, 0.5) is 27.5 Å². The van der Waals surface area contributed by atoms with Gasteiger partial charge in [0.25, 0.3) is 0 Å². The van der Waals surface area contributed by atoms with Crippen LogP contribution in [-0.4, -0.2) is 67.2 Å². The van der Waals surface area contributed by atoms with Gasteiger partial charge in [-0.25, -0.2) is 19.3 Å². The molecule has 2 unspecified atom stereocenters. The van der Waals surface area contributed by atoms with Crippen molar-refractivity contribution >= 4 is 23.1 Å². The molecular weight excluding hydrogens is 441 g/mol. The third-order valence-corrected chi connectivity index (χ3v) is 7.00. The standard InChI is InChI=1S/C27H34FN7/c1-26-14-27(2,16-34(5)15-26)18-35(17-26)23-8-7-20(12-21(23)28)31-25-29-11-10-22(32-25)19-6-9-24(30-13-19)33(3)4/h6-13H,14-18H2,1-5H3,(H,29,31,32). The fourth-order valence-corrected chi connectivity index (χ4v) is 6.21. The molecule has 2 saturated heterocycles. The minimum atomic E-state index is -0.227. The Kier molecular flexibility index (Phi) is 5.87. The molecule has 0 amide bonds. The third kappa shape index (κ3) is 4.93. The molecule has 5 rings (SSSR count). The number of nitrogens with one attached hydrogen (secondary N) is 1. The van der Waals surface area contributed by atoms with Crippen LogP contribution in [0.1, 0.15) is 20.3 Å². The molecule has 2 atom stereocenters. The topological polar surface area (TPSA) is 60.4 Å². The summed E-state index contributed by atoms with van der Waals surface area (Å²) in [5.74, 6) is 1.07. The zero-order valence-electron chi connectivity index (χ0n) is 21.2. The molecule has 184 valence electrons. The number of benzene rings is 1. The Balaban J connectivity index is 1.33. The first-order chi connectivity index (χ1) is 16.6. The Morgan fingerprint density at radius 3 is 2.34 bits per heavy atom. The number of likely N-dealkylation sites (tertiary alicyclic amines) is 1. The van der Waals surface area contributed by atoms with E-state index in [1.165, 1.54) is 6.42 Å². The number of hydrogen-bond donors (Lipinski definition) is 1. The monoisotopic (exact) mass is 475 g/mol. The second kappa shape index (κ2) is 8.75. The minimum absolute atomic E-state index is 0.164. The van der Waals surface area contributed by atoms with E-state index in [0.717, 1.165) is 43.3 Å². The largest absolute Gasteiger partial charge is 0.368 e. The van der Waals surface area contributed by atoms with Gasteiger partial charge in [0.1, 0.15) is 11.6 Å². The van der Waals surface area contributed by atoms with Crippen LogP contribution in [0.5, 0.6) is 0 Å². The molecule has 2 fully saturated rings. The van der Waals surface area contributed by atoms with E-state index in [9.17, 15) is 0 Å². The average molecular weight is 476 g/mol. The van der Waals surface area contributed by atoms with Crippen LogP contribution >= 0.6 is 0 Å². The number of anilines is 4. The van der Waals surface area contributed by atoms with Crippen LogP contribution in [0.2, 0.25) is 0 Å². The molecular formula is C27H34FN7. The first-order valence-corrected chi connectivity index (χ1v) is 12.1. The van der Waals surface area contributed by atoms with Crippen molar-refractivity contribution in [2.45, 2.75) is 20.3 Å². The highest BCUT2D eigenvalue weighted by atomic mass is 19.1. The van der Waals surface area contributed by atoms with Gasteiger partial charge in [0.15, 0.2) is 0 Å². The van der Waals surface area contributed by atoms with E-state index in [2.05, 4.69) is 51.0 Å². The smallest absolute Gasteiger partial charge is 0.227 e. The quantitative estimate of drug-likeness (QED) is 0.576. The van der Waals surface area contributed by atoms with E-state index < -0.39 is 0 Å². The Bertz CT molecular complexity index is 1190. The molecule has 1 N–H and O–H groups in total. The van der Waals surface area contributed by atoms with Crippen LogP contribution in [0, 0.1) is 16.6 Å². The number of piperidine rings is 2. The Morgan fingerprint density at radius 1 is 0.971 bits per heavy atom. The molecule has 0 saturated carbocycles. The predicted molar refractivity (Wildman–Crippen MR) is 140 cm³/mol. The first-order valence-electron chi connectivity index (χ1n) is 12.1. The zero-order chi connectivity index (χ0) is 24.8. The lowest BCUT2D eigenvalue weighted by Crippen LogP contribution is -2.61. The first kappa shape index (κ1) is 23.5. The van der Waals surface area contributed by atoms with Gasteiger partial charge in [0.05, 0.1) is 11.4 Å². The predicted octanol–water partition coefficient (Wildman–Crippen LogP) is 4.66. The zero-order valence-corrected chi connectivity index (χ0v) is 21.2. The van der Waals surface area contributed by atoms with Gasteiger partial charge in [-0.1, -0.05) is 13.8 Å². The summed E-state index contributed by atoms with van der Waals surface area (Å²) in [7, 11) is 6.10. The molecule has 2 aliphatic heterocycles. The summed E-state index contributed by atoms with van der Waals surface area (Å²) in [4.78, 5) is 20.0. The van der Waals surface area contributed by atoms with Crippen molar-refractivity contribution in [2.24, 2.45) is 10.8 Å². The Labute approximate surface area is 207 Å². The van der Waals surface area contributed by atoms with Gasteiger partial charge >= 0.3 is 0 Å². The number of fused-ring (bicyclic) bond motifs is 2. The minimum Gasteiger partial charge on any atom is -0.368 e. The SMILES string of the molecule is CN1CC2(C)CN(c3ccc(Nc4nccc(-c5ccc(N(C)C)nc5)n4)cc3F)CC(C)(C1)C2. The molecule has 2 aliphatic rings. The summed E-state index contributed by atoms with van der Waals surface area (Å²) in [5, 5.41) is 3.16. The van der Waals surface area contributed by atoms with E-state index >= 15 is 4.39 Å². The van der Waals surface area contributed by atoms with Crippen molar-refractivity contribution in [3.8, 4) is 11.3 Å². The Hall–Kier alpha value is -3.26. The van der Waals surface area contributed by atoms with Crippen LogP contribution in [0.3, 0.4) is 0 Å². The molecule has 2 aromatic heterocycles. The van der Waals surface area contributed by atoms with Gasteiger partial charge < -0.3 is 20.0 Å². The van der Waals surface area contributed by atoms with Gasteiger partial charge in [-0.05, 0) is 60.7 Å². The van der Waals surface area contributed by atoms with E-state index in [4.69, 9.17) is 0 Å².